The largest absolute Gasteiger partial charge is 0.398 e. The number of nitrogens with zero attached hydrogens (tertiary/aromatic N) is 1. The summed E-state index contributed by atoms with van der Waals surface area (Å²) in [6.45, 7) is 1.90. The molecule has 1 unspecified atom stereocenters. The molecule has 2 aromatic rings. The number of anilines is 1. The zero-order valence-corrected chi connectivity index (χ0v) is 16.8. The fourth-order valence-corrected chi connectivity index (χ4v) is 4.05. The van der Waals surface area contributed by atoms with Crippen molar-refractivity contribution < 1.29 is 9.59 Å². The lowest BCUT2D eigenvalue weighted by molar-refractivity contribution is 0.0932. The zero-order chi connectivity index (χ0) is 21.1. The minimum Gasteiger partial charge on any atom is -0.398 e. The number of nitrogen functional groups attached to an aromatic ring is 1. The second-order valence-electron chi connectivity index (χ2n) is 7.45. The van der Waals surface area contributed by atoms with Gasteiger partial charge in [-0.05, 0) is 49.4 Å². The lowest BCUT2D eigenvalue weighted by Gasteiger charge is -2.26. The summed E-state index contributed by atoms with van der Waals surface area (Å²) in [6.07, 6.45) is 10.0. The van der Waals surface area contributed by atoms with Gasteiger partial charge in [-0.15, -0.1) is 0 Å². The monoisotopic (exact) mass is 400 g/mol. The molecular weight excluding hydrogens is 376 g/mol. The van der Waals surface area contributed by atoms with E-state index < -0.39 is 5.91 Å². The molecule has 2 aliphatic rings. The number of aryl methyl sites for hydroxylation is 1. The van der Waals surface area contributed by atoms with Crippen molar-refractivity contribution in [3.63, 3.8) is 0 Å². The van der Waals surface area contributed by atoms with Gasteiger partial charge in [0.15, 0.2) is 0 Å². The van der Waals surface area contributed by atoms with Crippen LogP contribution in [-0.4, -0.2) is 18.0 Å². The third-order valence-electron chi connectivity index (χ3n) is 5.48. The number of hydrazone groups is 1. The highest BCUT2D eigenvalue weighted by Gasteiger charge is 2.25. The number of amides is 2. The number of nitrogens with one attached hydrogen (secondary N) is 2. The molecule has 0 aromatic heterocycles. The number of fused-ring (bicyclic) bond motifs is 2. The van der Waals surface area contributed by atoms with Gasteiger partial charge in [-0.3, -0.25) is 9.59 Å². The molecule has 2 aromatic carbocycles. The molecule has 0 radical (unpaired) electrons. The second kappa shape index (κ2) is 8.37. The fraction of sp³-hybridized carbons (Fsp3) is 0.208. The number of rotatable bonds is 3. The predicted molar refractivity (Wildman–Crippen MR) is 119 cm³/mol. The molecule has 1 atom stereocenters. The lowest BCUT2D eigenvalue weighted by atomic mass is 9.87. The van der Waals surface area contributed by atoms with Gasteiger partial charge in [-0.25, -0.2) is 5.43 Å². The molecule has 2 amide bonds. The summed E-state index contributed by atoms with van der Waals surface area (Å²) < 4.78 is 0. The van der Waals surface area contributed by atoms with Crippen molar-refractivity contribution in [3.8, 4) is 0 Å². The number of nitrogens with two attached hydrogens (primary N) is 1. The van der Waals surface area contributed by atoms with Crippen LogP contribution in [0.15, 0.2) is 59.7 Å². The number of carbonyl (C=O) groups excluding carboxylic acids is 2. The third kappa shape index (κ3) is 3.76. The Hall–Kier alpha value is -3.67. The Labute approximate surface area is 175 Å². The molecule has 1 aliphatic heterocycles. The van der Waals surface area contributed by atoms with Crippen LogP contribution in [0.5, 0.6) is 0 Å². The van der Waals surface area contributed by atoms with E-state index in [-0.39, 0.29) is 11.9 Å². The summed E-state index contributed by atoms with van der Waals surface area (Å²) in [5, 5.41) is 7.07. The lowest BCUT2D eigenvalue weighted by Crippen LogP contribution is -2.31. The van der Waals surface area contributed by atoms with Gasteiger partial charge >= 0.3 is 0 Å². The number of hydrogen-bond acceptors (Lipinski definition) is 4. The average molecular weight is 400 g/mol. The van der Waals surface area contributed by atoms with Crippen molar-refractivity contribution in [2.75, 3.05) is 5.73 Å². The maximum Gasteiger partial charge on any atom is 0.272 e. The third-order valence-corrected chi connectivity index (χ3v) is 5.48. The van der Waals surface area contributed by atoms with Crippen LogP contribution >= 0.6 is 0 Å². The van der Waals surface area contributed by atoms with Gasteiger partial charge < -0.3 is 11.1 Å². The molecule has 0 saturated carbocycles. The van der Waals surface area contributed by atoms with Crippen molar-refractivity contribution in [3.05, 3.63) is 82.4 Å². The van der Waals surface area contributed by atoms with Gasteiger partial charge in [0.05, 0.1) is 17.8 Å². The van der Waals surface area contributed by atoms with E-state index in [1.165, 1.54) is 5.56 Å². The first-order valence-corrected chi connectivity index (χ1v) is 10.1. The molecule has 0 bridgehead atoms. The van der Waals surface area contributed by atoms with Crippen LogP contribution < -0.4 is 16.5 Å². The van der Waals surface area contributed by atoms with E-state index in [2.05, 4.69) is 28.0 Å². The Morgan fingerprint density at radius 2 is 2.13 bits per heavy atom. The molecule has 152 valence electrons. The molecule has 6 heteroatoms. The fourth-order valence-electron chi connectivity index (χ4n) is 4.05. The molecule has 0 spiro atoms. The average Bonchev–Trinajstić information content (AvgIpc) is 2.91. The molecule has 0 fully saturated rings. The first-order chi connectivity index (χ1) is 14.6. The van der Waals surface area contributed by atoms with Crippen molar-refractivity contribution in [2.45, 2.75) is 32.2 Å². The molecule has 30 heavy (non-hydrogen) atoms. The van der Waals surface area contributed by atoms with E-state index in [0.29, 0.717) is 28.0 Å². The highest BCUT2D eigenvalue weighted by molar-refractivity contribution is 6.19. The van der Waals surface area contributed by atoms with E-state index in [9.17, 15) is 9.59 Å². The van der Waals surface area contributed by atoms with E-state index in [0.717, 1.165) is 24.8 Å². The summed E-state index contributed by atoms with van der Waals surface area (Å²) in [7, 11) is 0. The van der Waals surface area contributed by atoms with Crippen LogP contribution in [0.1, 0.15) is 63.2 Å². The highest BCUT2D eigenvalue weighted by atomic mass is 16.2. The smallest absolute Gasteiger partial charge is 0.272 e. The number of allylic oxidation sites excluding steroid dienone is 4. The summed E-state index contributed by atoms with van der Waals surface area (Å²) in [5.74, 6) is -0.641. The first-order valence-electron chi connectivity index (χ1n) is 10.1. The van der Waals surface area contributed by atoms with Gasteiger partial charge in [0.2, 0.25) is 0 Å². The van der Waals surface area contributed by atoms with Gasteiger partial charge in [-0.2, -0.15) is 5.10 Å². The number of carbonyl (C=O) groups is 2. The maximum atomic E-state index is 13.1. The number of hydrogen-bond donors (Lipinski definition) is 3. The van der Waals surface area contributed by atoms with Crippen LogP contribution in [0.2, 0.25) is 0 Å². The molecule has 4 N–H and O–H groups in total. The standard InChI is InChI=1S/C24H24N4O2/c1-2-3-7-16-14-26-28-24(30)19-12-17(13-20(25)22(16)19)23(29)27-21-11-6-9-15-8-4-5-10-18(15)21/h2-5,7-8,10,12-14,21H,6,9,11,25H2,1H3,(H,27,29)(H,28,30)/b3-2+,16-7+. The molecule has 4 rings (SSSR count). The Morgan fingerprint density at radius 1 is 1.30 bits per heavy atom. The quantitative estimate of drug-likeness (QED) is 0.684. The Morgan fingerprint density at radius 3 is 2.97 bits per heavy atom. The number of benzene rings is 2. The van der Waals surface area contributed by atoms with Crippen molar-refractivity contribution in [2.24, 2.45) is 5.10 Å². The first kappa shape index (κ1) is 19.6. The highest BCUT2D eigenvalue weighted by Crippen LogP contribution is 2.31. The van der Waals surface area contributed by atoms with Gasteiger partial charge in [0.1, 0.15) is 0 Å². The van der Waals surface area contributed by atoms with Crippen molar-refractivity contribution in [1.82, 2.24) is 10.7 Å². The van der Waals surface area contributed by atoms with Crippen molar-refractivity contribution >= 4 is 29.3 Å². The van der Waals surface area contributed by atoms with Crippen LogP contribution in [0.3, 0.4) is 0 Å². The molecular formula is C24H24N4O2. The molecule has 0 saturated heterocycles. The van der Waals surface area contributed by atoms with Gasteiger partial charge in [0, 0.05) is 22.4 Å². The van der Waals surface area contributed by atoms with Gasteiger partial charge in [-0.1, -0.05) is 42.5 Å². The molecule has 1 heterocycles. The Bertz CT molecular complexity index is 1100. The minimum absolute atomic E-state index is 0.0511. The summed E-state index contributed by atoms with van der Waals surface area (Å²) in [4.78, 5) is 25.6. The van der Waals surface area contributed by atoms with Crippen molar-refractivity contribution in [1.29, 1.82) is 0 Å². The summed E-state index contributed by atoms with van der Waals surface area (Å²) in [5.41, 5.74) is 13.5. The molecule has 6 nitrogen and oxygen atoms in total. The van der Waals surface area contributed by atoms with E-state index in [1.807, 2.05) is 37.3 Å². The van der Waals surface area contributed by atoms with Crippen LogP contribution in [-0.2, 0) is 6.42 Å². The summed E-state index contributed by atoms with van der Waals surface area (Å²) in [6, 6.07) is 11.3. The van der Waals surface area contributed by atoms with E-state index >= 15 is 0 Å². The second-order valence-corrected chi connectivity index (χ2v) is 7.45. The van der Waals surface area contributed by atoms with E-state index in [4.69, 9.17) is 5.73 Å². The van der Waals surface area contributed by atoms with E-state index in [1.54, 1.807) is 18.3 Å². The van der Waals surface area contributed by atoms with Crippen LogP contribution in [0.4, 0.5) is 5.69 Å². The summed E-state index contributed by atoms with van der Waals surface area (Å²) >= 11 is 0. The predicted octanol–water partition coefficient (Wildman–Crippen LogP) is 3.76. The zero-order valence-electron chi connectivity index (χ0n) is 16.8. The topological polar surface area (TPSA) is 96.6 Å². The van der Waals surface area contributed by atoms with Crippen LogP contribution in [0, 0.1) is 0 Å². The maximum absolute atomic E-state index is 13.1. The molecule has 1 aliphatic carbocycles. The van der Waals surface area contributed by atoms with Crippen LogP contribution in [0.25, 0.3) is 5.57 Å². The Kier molecular flexibility index (Phi) is 5.48. The SMILES string of the molecule is C/C=C/C=C1\C=NNC(=O)c2cc(C(=O)NC3CCCc4ccccc43)cc(N)c21. The minimum atomic E-state index is -0.394. The van der Waals surface area contributed by atoms with Gasteiger partial charge in [0.25, 0.3) is 11.8 Å². The normalized spacial score (nSPS) is 19.2. The Balaban J connectivity index is 1.68.